The van der Waals surface area contributed by atoms with Crippen molar-refractivity contribution in [3.63, 3.8) is 0 Å². The van der Waals surface area contributed by atoms with Crippen LogP contribution in [0.3, 0.4) is 0 Å². The molecule has 0 radical (unpaired) electrons. The number of nitrogens with zero attached hydrogens (tertiary/aromatic N) is 2. The summed E-state index contributed by atoms with van der Waals surface area (Å²) in [5, 5.41) is -0.294. The second-order valence-corrected chi connectivity index (χ2v) is 5.81. The van der Waals surface area contributed by atoms with Gasteiger partial charge in [0.05, 0.1) is 22.8 Å². The molecule has 0 aliphatic heterocycles. The van der Waals surface area contributed by atoms with E-state index in [0.29, 0.717) is 6.42 Å². The Hall–Kier alpha value is -2.74. The maximum absolute atomic E-state index is 14.2. The lowest BCUT2D eigenvalue weighted by Gasteiger charge is -2.18. The van der Waals surface area contributed by atoms with Crippen LogP contribution in [-0.4, -0.2) is 9.55 Å². The van der Waals surface area contributed by atoms with Crippen LogP contribution in [0.15, 0.2) is 47.3 Å². The Labute approximate surface area is 145 Å². The molecule has 2 aromatic carbocycles. The minimum absolute atomic E-state index is 0.0682. The molecular weight excluding hydrogens is 350 g/mol. The standard InChI is InChI=1S/C18H15F4N3O/c1-2-13(23)16-24-14-8-4-7-12(19)15(14)17(26)25(16)11-6-3-5-10(9-11)18(20,21)22/h3-9,13H,2,23H2,1H3/t13-/m0/s1. The summed E-state index contributed by atoms with van der Waals surface area (Å²) in [5.74, 6) is -0.715. The fraction of sp³-hybridized carbons (Fsp3) is 0.222. The van der Waals surface area contributed by atoms with Crippen LogP contribution in [0.25, 0.3) is 16.6 Å². The largest absolute Gasteiger partial charge is 0.416 e. The van der Waals surface area contributed by atoms with Crippen molar-refractivity contribution < 1.29 is 17.6 Å². The first-order valence-corrected chi connectivity index (χ1v) is 7.88. The van der Waals surface area contributed by atoms with Crippen molar-refractivity contribution in [1.82, 2.24) is 9.55 Å². The van der Waals surface area contributed by atoms with Crippen LogP contribution in [0.2, 0.25) is 0 Å². The first-order chi connectivity index (χ1) is 12.2. The Morgan fingerprint density at radius 3 is 2.54 bits per heavy atom. The van der Waals surface area contributed by atoms with Crippen molar-refractivity contribution in [2.45, 2.75) is 25.6 Å². The quantitative estimate of drug-likeness (QED) is 0.715. The average molecular weight is 365 g/mol. The van der Waals surface area contributed by atoms with E-state index in [4.69, 9.17) is 5.73 Å². The van der Waals surface area contributed by atoms with E-state index in [1.54, 1.807) is 6.92 Å². The molecule has 0 fully saturated rings. The molecule has 1 aromatic heterocycles. The van der Waals surface area contributed by atoms with Crippen molar-refractivity contribution in [2.75, 3.05) is 0 Å². The molecule has 3 aromatic rings. The summed E-state index contributed by atoms with van der Waals surface area (Å²) in [4.78, 5) is 17.2. The summed E-state index contributed by atoms with van der Waals surface area (Å²) in [6.07, 6.45) is -4.19. The lowest BCUT2D eigenvalue weighted by atomic mass is 10.1. The van der Waals surface area contributed by atoms with Gasteiger partial charge in [0.25, 0.3) is 5.56 Å². The lowest BCUT2D eigenvalue weighted by Crippen LogP contribution is -2.29. The first-order valence-electron chi connectivity index (χ1n) is 7.88. The normalized spacial score (nSPS) is 13.2. The molecule has 8 heteroatoms. The topological polar surface area (TPSA) is 60.9 Å². The highest BCUT2D eigenvalue weighted by molar-refractivity contribution is 5.78. The zero-order valence-corrected chi connectivity index (χ0v) is 13.7. The van der Waals surface area contributed by atoms with Crippen LogP contribution < -0.4 is 11.3 Å². The smallest absolute Gasteiger partial charge is 0.321 e. The van der Waals surface area contributed by atoms with Gasteiger partial charge in [-0.05, 0) is 36.8 Å². The van der Waals surface area contributed by atoms with Gasteiger partial charge >= 0.3 is 6.18 Å². The van der Waals surface area contributed by atoms with Gasteiger partial charge in [0, 0.05) is 0 Å². The molecule has 2 N–H and O–H groups in total. The fourth-order valence-electron chi connectivity index (χ4n) is 2.71. The fourth-order valence-corrected chi connectivity index (χ4v) is 2.71. The molecule has 0 aliphatic carbocycles. The zero-order chi connectivity index (χ0) is 19.1. The molecule has 26 heavy (non-hydrogen) atoms. The molecule has 3 rings (SSSR count). The molecule has 0 unspecified atom stereocenters. The minimum atomic E-state index is -4.58. The van der Waals surface area contributed by atoms with E-state index in [-0.39, 0.29) is 22.4 Å². The van der Waals surface area contributed by atoms with E-state index in [2.05, 4.69) is 4.98 Å². The number of nitrogens with two attached hydrogens (primary N) is 1. The van der Waals surface area contributed by atoms with Crippen LogP contribution in [0, 0.1) is 5.82 Å². The van der Waals surface area contributed by atoms with Gasteiger partial charge < -0.3 is 5.73 Å². The van der Waals surface area contributed by atoms with Crippen LogP contribution in [0.5, 0.6) is 0 Å². The van der Waals surface area contributed by atoms with Crippen LogP contribution >= 0.6 is 0 Å². The van der Waals surface area contributed by atoms with E-state index in [0.717, 1.165) is 22.8 Å². The number of fused-ring (bicyclic) bond motifs is 1. The summed E-state index contributed by atoms with van der Waals surface area (Å²) in [7, 11) is 0. The molecule has 0 aliphatic rings. The van der Waals surface area contributed by atoms with Crippen LogP contribution in [0.1, 0.15) is 30.8 Å². The Kier molecular flexibility index (Phi) is 4.53. The van der Waals surface area contributed by atoms with Gasteiger partial charge in [-0.1, -0.05) is 19.1 Å². The predicted octanol–water partition coefficient (Wildman–Crippen LogP) is 3.95. The van der Waals surface area contributed by atoms with Crippen molar-refractivity contribution in [3.8, 4) is 5.69 Å². The molecule has 1 heterocycles. The van der Waals surface area contributed by atoms with Crippen molar-refractivity contribution in [1.29, 1.82) is 0 Å². The Balaban J connectivity index is 2.39. The van der Waals surface area contributed by atoms with E-state index in [1.807, 2.05) is 0 Å². The summed E-state index contributed by atoms with van der Waals surface area (Å²) in [5.41, 5.74) is 4.33. The maximum Gasteiger partial charge on any atom is 0.416 e. The number of halogens is 4. The van der Waals surface area contributed by atoms with Gasteiger partial charge in [-0.2, -0.15) is 13.2 Å². The highest BCUT2D eigenvalue weighted by atomic mass is 19.4. The van der Waals surface area contributed by atoms with Crippen molar-refractivity contribution >= 4 is 10.9 Å². The predicted molar refractivity (Wildman–Crippen MR) is 89.5 cm³/mol. The van der Waals surface area contributed by atoms with Gasteiger partial charge in [-0.15, -0.1) is 0 Å². The number of benzene rings is 2. The Morgan fingerprint density at radius 2 is 1.88 bits per heavy atom. The summed E-state index contributed by atoms with van der Waals surface area (Å²) in [6.45, 7) is 1.75. The van der Waals surface area contributed by atoms with Crippen LogP contribution in [0.4, 0.5) is 17.6 Å². The second-order valence-electron chi connectivity index (χ2n) is 5.81. The third-order valence-corrected chi connectivity index (χ3v) is 4.08. The minimum Gasteiger partial charge on any atom is -0.321 e. The average Bonchev–Trinajstić information content (AvgIpc) is 2.60. The van der Waals surface area contributed by atoms with Gasteiger partial charge in [0.15, 0.2) is 0 Å². The molecule has 0 spiro atoms. The highest BCUT2D eigenvalue weighted by Crippen LogP contribution is 2.30. The van der Waals surface area contributed by atoms with Crippen molar-refractivity contribution in [2.24, 2.45) is 5.73 Å². The molecule has 136 valence electrons. The molecule has 1 atom stereocenters. The highest BCUT2D eigenvalue weighted by Gasteiger charge is 2.31. The van der Waals surface area contributed by atoms with Gasteiger partial charge in [-0.3, -0.25) is 9.36 Å². The van der Waals surface area contributed by atoms with E-state index < -0.39 is 29.2 Å². The summed E-state index contributed by atoms with van der Waals surface area (Å²) < 4.78 is 54.2. The van der Waals surface area contributed by atoms with Gasteiger partial charge in [0.1, 0.15) is 17.0 Å². The zero-order valence-electron chi connectivity index (χ0n) is 13.7. The molecule has 0 amide bonds. The maximum atomic E-state index is 14.2. The van der Waals surface area contributed by atoms with Crippen molar-refractivity contribution in [3.05, 3.63) is 70.0 Å². The molecule has 0 bridgehead atoms. The van der Waals surface area contributed by atoms with E-state index in [1.165, 1.54) is 24.3 Å². The van der Waals surface area contributed by atoms with Crippen LogP contribution in [-0.2, 0) is 6.18 Å². The Morgan fingerprint density at radius 1 is 1.19 bits per heavy atom. The SMILES string of the molecule is CC[C@H](N)c1nc2cccc(F)c2c(=O)n1-c1cccc(C(F)(F)F)c1. The molecule has 4 nitrogen and oxygen atoms in total. The first kappa shape index (κ1) is 18.1. The number of hydrogen-bond donors (Lipinski definition) is 1. The molecular formula is C18H15F4N3O. The monoisotopic (exact) mass is 365 g/mol. The van der Waals surface area contributed by atoms with Gasteiger partial charge in [0.2, 0.25) is 0 Å². The molecule has 0 saturated heterocycles. The summed E-state index contributed by atoms with van der Waals surface area (Å²) in [6, 6.07) is 7.48. The Bertz CT molecular complexity index is 1030. The van der Waals surface area contributed by atoms with Gasteiger partial charge in [-0.25, -0.2) is 9.37 Å². The lowest BCUT2D eigenvalue weighted by molar-refractivity contribution is -0.137. The number of aromatic nitrogens is 2. The third-order valence-electron chi connectivity index (χ3n) is 4.08. The molecule has 0 saturated carbocycles. The number of hydrogen-bond acceptors (Lipinski definition) is 3. The summed E-state index contributed by atoms with van der Waals surface area (Å²) >= 11 is 0. The van der Waals surface area contributed by atoms with E-state index >= 15 is 0 Å². The second kappa shape index (κ2) is 6.53. The third kappa shape index (κ3) is 3.08. The number of alkyl halides is 3. The van der Waals surface area contributed by atoms with E-state index in [9.17, 15) is 22.4 Å². The number of rotatable bonds is 3.